The Morgan fingerprint density at radius 1 is 1.37 bits per heavy atom. The highest BCUT2D eigenvalue weighted by Gasteiger charge is 2.09. The lowest BCUT2D eigenvalue weighted by atomic mass is 10.2. The number of carboxylic acid groups (broad SMARTS) is 1. The third kappa shape index (κ3) is 3.51. The highest BCUT2D eigenvalue weighted by atomic mass is 79.9. The van der Waals surface area contributed by atoms with Gasteiger partial charge in [0.25, 0.3) is 0 Å². The van der Waals surface area contributed by atoms with E-state index >= 15 is 0 Å². The van der Waals surface area contributed by atoms with Gasteiger partial charge in [-0.15, -0.1) is 0 Å². The van der Waals surface area contributed by atoms with Gasteiger partial charge in [0.2, 0.25) is 0 Å². The summed E-state index contributed by atoms with van der Waals surface area (Å²) in [5.41, 5.74) is 0.657. The molecule has 0 spiro atoms. The molecule has 0 radical (unpaired) electrons. The van der Waals surface area contributed by atoms with Crippen LogP contribution in [0.25, 0.3) is 0 Å². The maximum Gasteiger partial charge on any atom is 0.335 e. The average Bonchev–Trinajstić information content (AvgIpc) is 2.37. The Morgan fingerprint density at radius 3 is 2.79 bits per heavy atom. The molecule has 2 rings (SSSR count). The summed E-state index contributed by atoms with van der Waals surface area (Å²) in [5.74, 6) is -1.88. The van der Waals surface area contributed by atoms with Gasteiger partial charge in [-0.05, 0) is 40.2 Å². The van der Waals surface area contributed by atoms with Crippen molar-refractivity contribution in [2.45, 2.75) is 6.61 Å². The van der Waals surface area contributed by atoms with Crippen LogP contribution in [0.5, 0.6) is 5.75 Å². The largest absolute Gasteiger partial charge is 0.486 e. The van der Waals surface area contributed by atoms with E-state index in [1.807, 2.05) is 0 Å². The molecule has 19 heavy (non-hydrogen) atoms. The van der Waals surface area contributed by atoms with Gasteiger partial charge in [-0.2, -0.15) is 0 Å². The third-order valence-electron chi connectivity index (χ3n) is 2.33. The van der Waals surface area contributed by atoms with Crippen LogP contribution in [0, 0.1) is 5.82 Å². The maximum absolute atomic E-state index is 13.6. The Bertz CT molecular complexity index is 619. The molecule has 0 aliphatic carbocycles. The third-order valence-corrected chi connectivity index (χ3v) is 2.77. The number of nitrogens with zero attached hydrogens (tertiary/aromatic N) is 1. The molecule has 0 saturated carbocycles. The number of pyridine rings is 1. The topological polar surface area (TPSA) is 59.4 Å². The van der Waals surface area contributed by atoms with E-state index in [1.165, 1.54) is 12.1 Å². The summed E-state index contributed by atoms with van der Waals surface area (Å²) in [7, 11) is 0. The summed E-state index contributed by atoms with van der Waals surface area (Å²) < 4.78 is 19.7. The summed E-state index contributed by atoms with van der Waals surface area (Å²) in [6.07, 6.45) is 3.24. The molecular formula is C13H9BrFNO3. The van der Waals surface area contributed by atoms with Gasteiger partial charge < -0.3 is 9.84 Å². The predicted octanol–water partition coefficient (Wildman–Crippen LogP) is 3.26. The van der Waals surface area contributed by atoms with E-state index in [4.69, 9.17) is 9.84 Å². The van der Waals surface area contributed by atoms with Crippen molar-refractivity contribution in [2.75, 3.05) is 0 Å². The zero-order chi connectivity index (χ0) is 13.8. The van der Waals surface area contributed by atoms with Gasteiger partial charge in [0.05, 0.1) is 5.56 Å². The molecule has 2 aromatic rings. The molecule has 1 heterocycles. The summed E-state index contributed by atoms with van der Waals surface area (Å²) >= 11 is 3.27. The zero-order valence-corrected chi connectivity index (χ0v) is 11.2. The van der Waals surface area contributed by atoms with Crippen molar-refractivity contribution in [1.29, 1.82) is 0 Å². The standard InChI is InChI=1S/C13H9BrFNO3/c14-10-3-8(5-16-6-10)7-19-12-2-1-9(13(17)18)4-11(12)15/h1-6H,7H2,(H,17,18). The number of rotatable bonds is 4. The molecule has 0 unspecified atom stereocenters. The first-order chi connectivity index (χ1) is 9.06. The molecule has 0 saturated heterocycles. The van der Waals surface area contributed by atoms with Crippen molar-refractivity contribution >= 4 is 21.9 Å². The number of hydrogen-bond acceptors (Lipinski definition) is 3. The van der Waals surface area contributed by atoms with Crippen molar-refractivity contribution in [3.63, 3.8) is 0 Å². The highest BCUT2D eigenvalue weighted by Crippen LogP contribution is 2.20. The van der Waals surface area contributed by atoms with Crippen LogP contribution in [0.4, 0.5) is 4.39 Å². The fourth-order valence-electron chi connectivity index (χ4n) is 1.45. The number of aromatic carboxylic acids is 1. The lowest BCUT2D eigenvalue weighted by Crippen LogP contribution is -2.01. The Balaban J connectivity index is 2.10. The molecular weight excluding hydrogens is 317 g/mol. The molecule has 6 heteroatoms. The van der Waals surface area contributed by atoms with Crippen LogP contribution in [0.15, 0.2) is 41.1 Å². The van der Waals surface area contributed by atoms with E-state index in [-0.39, 0.29) is 17.9 Å². The van der Waals surface area contributed by atoms with Gasteiger partial charge in [-0.25, -0.2) is 9.18 Å². The van der Waals surface area contributed by atoms with E-state index in [0.717, 1.165) is 16.1 Å². The van der Waals surface area contributed by atoms with Crippen LogP contribution in [-0.4, -0.2) is 16.1 Å². The second kappa shape index (κ2) is 5.79. The first-order valence-electron chi connectivity index (χ1n) is 5.31. The van der Waals surface area contributed by atoms with Crippen molar-refractivity contribution in [2.24, 2.45) is 0 Å². The number of carboxylic acids is 1. The second-order valence-electron chi connectivity index (χ2n) is 3.75. The lowest BCUT2D eigenvalue weighted by Gasteiger charge is -2.07. The molecule has 1 aromatic carbocycles. The predicted molar refractivity (Wildman–Crippen MR) is 69.6 cm³/mol. The molecule has 1 aromatic heterocycles. The molecule has 0 fully saturated rings. The molecule has 4 nitrogen and oxygen atoms in total. The van der Waals surface area contributed by atoms with Gasteiger partial charge in [0.1, 0.15) is 6.61 Å². The molecule has 0 aliphatic rings. The van der Waals surface area contributed by atoms with E-state index in [0.29, 0.717) is 0 Å². The minimum Gasteiger partial charge on any atom is -0.486 e. The maximum atomic E-state index is 13.6. The van der Waals surface area contributed by atoms with E-state index in [2.05, 4.69) is 20.9 Å². The van der Waals surface area contributed by atoms with Crippen LogP contribution >= 0.6 is 15.9 Å². The second-order valence-corrected chi connectivity index (χ2v) is 4.67. The Labute approximate surface area is 117 Å². The summed E-state index contributed by atoms with van der Waals surface area (Å²) in [6.45, 7) is 0.149. The number of aromatic nitrogens is 1. The zero-order valence-electron chi connectivity index (χ0n) is 9.64. The van der Waals surface area contributed by atoms with Crippen molar-refractivity contribution in [1.82, 2.24) is 4.98 Å². The van der Waals surface area contributed by atoms with Crippen LogP contribution in [-0.2, 0) is 6.61 Å². The van der Waals surface area contributed by atoms with Crippen LogP contribution < -0.4 is 4.74 Å². The normalized spacial score (nSPS) is 10.2. The number of carbonyl (C=O) groups is 1. The lowest BCUT2D eigenvalue weighted by molar-refractivity contribution is 0.0696. The summed E-state index contributed by atoms with van der Waals surface area (Å²) in [6, 6.07) is 5.32. The van der Waals surface area contributed by atoms with Crippen LogP contribution in [0.2, 0.25) is 0 Å². The fraction of sp³-hybridized carbons (Fsp3) is 0.0769. The molecule has 0 aliphatic heterocycles. The van der Waals surface area contributed by atoms with E-state index in [9.17, 15) is 9.18 Å². The van der Waals surface area contributed by atoms with Gasteiger partial charge in [0, 0.05) is 22.4 Å². The SMILES string of the molecule is O=C(O)c1ccc(OCc2cncc(Br)c2)c(F)c1. The summed E-state index contributed by atoms with van der Waals surface area (Å²) in [4.78, 5) is 14.6. The number of halogens is 2. The minimum absolute atomic E-state index is 0.00461. The quantitative estimate of drug-likeness (QED) is 0.937. The minimum atomic E-state index is -1.18. The Morgan fingerprint density at radius 2 is 2.16 bits per heavy atom. The highest BCUT2D eigenvalue weighted by molar-refractivity contribution is 9.10. The molecule has 0 bridgehead atoms. The smallest absolute Gasteiger partial charge is 0.335 e. The Kier molecular flexibility index (Phi) is 4.11. The first-order valence-corrected chi connectivity index (χ1v) is 6.10. The van der Waals surface area contributed by atoms with E-state index < -0.39 is 11.8 Å². The van der Waals surface area contributed by atoms with Crippen LogP contribution in [0.1, 0.15) is 15.9 Å². The van der Waals surface area contributed by atoms with Gasteiger partial charge in [-0.3, -0.25) is 4.98 Å². The molecule has 0 atom stereocenters. The fourth-order valence-corrected chi connectivity index (χ4v) is 1.86. The van der Waals surface area contributed by atoms with Crippen molar-refractivity contribution in [3.05, 3.63) is 58.1 Å². The monoisotopic (exact) mass is 325 g/mol. The van der Waals surface area contributed by atoms with Gasteiger partial charge in [-0.1, -0.05) is 0 Å². The Hall–Kier alpha value is -1.95. The molecule has 98 valence electrons. The van der Waals surface area contributed by atoms with Crippen molar-refractivity contribution in [3.8, 4) is 5.75 Å². The molecule has 0 amide bonds. The first kappa shape index (κ1) is 13.5. The van der Waals surface area contributed by atoms with Gasteiger partial charge in [0.15, 0.2) is 11.6 Å². The number of hydrogen-bond donors (Lipinski definition) is 1. The van der Waals surface area contributed by atoms with Gasteiger partial charge >= 0.3 is 5.97 Å². The van der Waals surface area contributed by atoms with E-state index in [1.54, 1.807) is 18.5 Å². The number of ether oxygens (including phenoxy) is 1. The number of benzene rings is 1. The van der Waals surface area contributed by atoms with Crippen LogP contribution in [0.3, 0.4) is 0 Å². The average molecular weight is 326 g/mol. The summed E-state index contributed by atoms with van der Waals surface area (Å²) in [5, 5.41) is 8.72. The molecule has 1 N–H and O–H groups in total. The van der Waals surface area contributed by atoms with Crippen molar-refractivity contribution < 1.29 is 19.0 Å².